The van der Waals surface area contributed by atoms with Gasteiger partial charge in [0.15, 0.2) is 0 Å². The fourth-order valence-corrected chi connectivity index (χ4v) is 1.08. The first-order chi connectivity index (χ1) is 6.19. The first kappa shape index (κ1) is 13.7. The normalized spacial score (nSPS) is 13.9. The second-order valence-corrected chi connectivity index (χ2v) is 5.50. The van der Waals surface area contributed by atoms with Crippen molar-refractivity contribution in [2.45, 2.75) is 27.2 Å². The van der Waals surface area contributed by atoms with Gasteiger partial charge in [-0.05, 0) is 6.42 Å². The van der Waals surface area contributed by atoms with Crippen LogP contribution in [0.25, 0.3) is 0 Å². The average molecular weight is 225 g/mol. The first-order valence-corrected chi connectivity index (χ1v) is 6.13. The zero-order valence-corrected chi connectivity index (χ0v) is 9.60. The third-order valence-electron chi connectivity index (χ3n) is 2.16. The number of hydrogen-bond donors (Lipinski definition) is 4. The molecule has 0 aliphatic heterocycles. The maximum atomic E-state index is 11.4. The van der Waals surface area contributed by atoms with E-state index in [9.17, 15) is 4.79 Å². The zero-order chi connectivity index (χ0) is 11.4. The minimum absolute atomic E-state index is 0.0705. The van der Waals surface area contributed by atoms with E-state index in [4.69, 9.17) is 13.7 Å². The standard InChI is InChI=1S/C8H19NO4S/c1-4-8(2,3)7(10)9-5-6-14(11,12)13/h11-13H,4-6H2,1-3H3,(H,9,10). The Hall–Kier alpha value is -0.300. The molecule has 0 saturated carbocycles. The van der Waals surface area contributed by atoms with Crippen LogP contribution in [0.2, 0.25) is 0 Å². The maximum absolute atomic E-state index is 11.4. The van der Waals surface area contributed by atoms with Crippen molar-refractivity contribution in [3.8, 4) is 0 Å². The largest absolute Gasteiger partial charge is 0.355 e. The molecule has 0 spiro atoms. The van der Waals surface area contributed by atoms with E-state index < -0.39 is 16.3 Å². The number of hydrogen-bond acceptors (Lipinski definition) is 4. The van der Waals surface area contributed by atoms with Crippen molar-refractivity contribution in [3.63, 3.8) is 0 Å². The quantitative estimate of drug-likeness (QED) is 0.574. The van der Waals surface area contributed by atoms with Gasteiger partial charge in [-0.15, -0.1) is 0 Å². The molecule has 0 saturated heterocycles. The van der Waals surface area contributed by atoms with Crippen molar-refractivity contribution >= 4 is 16.8 Å². The van der Waals surface area contributed by atoms with Crippen molar-refractivity contribution in [2.75, 3.05) is 12.3 Å². The van der Waals surface area contributed by atoms with Gasteiger partial charge in [0, 0.05) is 12.0 Å². The van der Waals surface area contributed by atoms with Gasteiger partial charge in [0.2, 0.25) is 5.91 Å². The Kier molecular flexibility index (Phi) is 4.87. The van der Waals surface area contributed by atoms with Crippen molar-refractivity contribution in [2.24, 2.45) is 5.41 Å². The van der Waals surface area contributed by atoms with Gasteiger partial charge in [-0.25, -0.2) is 0 Å². The van der Waals surface area contributed by atoms with Gasteiger partial charge >= 0.3 is 0 Å². The smallest absolute Gasteiger partial charge is 0.225 e. The summed E-state index contributed by atoms with van der Waals surface area (Å²) < 4.78 is 25.9. The molecule has 0 heterocycles. The minimum Gasteiger partial charge on any atom is -0.355 e. The number of nitrogens with one attached hydrogen (secondary N) is 1. The lowest BCUT2D eigenvalue weighted by molar-refractivity contribution is -0.129. The van der Waals surface area contributed by atoms with Crippen molar-refractivity contribution in [3.05, 3.63) is 0 Å². The number of carbonyl (C=O) groups is 1. The molecule has 6 heteroatoms. The van der Waals surface area contributed by atoms with Crippen LogP contribution in [0.5, 0.6) is 0 Å². The fraction of sp³-hybridized carbons (Fsp3) is 0.875. The molecular weight excluding hydrogens is 206 g/mol. The summed E-state index contributed by atoms with van der Waals surface area (Å²) in [5, 5.41) is 2.53. The molecule has 0 aliphatic rings. The van der Waals surface area contributed by atoms with Crippen molar-refractivity contribution in [1.29, 1.82) is 0 Å². The highest BCUT2D eigenvalue weighted by Gasteiger charge is 2.25. The molecule has 0 aromatic carbocycles. The maximum Gasteiger partial charge on any atom is 0.225 e. The average Bonchev–Trinajstić information content (AvgIpc) is 2.02. The van der Waals surface area contributed by atoms with E-state index in [1.807, 2.05) is 6.92 Å². The van der Waals surface area contributed by atoms with E-state index in [1.54, 1.807) is 13.8 Å². The molecule has 14 heavy (non-hydrogen) atoms. The van der Waals surface area contributed by atoms with Gasteiger partial charge in [0.05, 0.1) is 16.6 Å². The Morgan fingerprint density at radius 1 is 1.36 bits per heavy atom. The monoisotopic (exact) mass is 225 g/mol. The number of rotatable bonds is 5. The van der Waals surface area contributed by atoms with Gasteiger partial charge in [0.1, 0.15) is 0 Å². The summed E-state index contributed by atoms with van der Waals surface area (Å²) in [6.45, 7) is 5.58. The van der Waals surface area contributed by atoms with E-state index in [1.165, 1.54) is 0 Å². The Balaban J connectivity index is 3.87. The Bertz CT molecular complexity index is 200. The van der Waals surface area contributed by atoms with Crippen LogP contribution < -0.4 is 5.32 Å². The third kappa shape index (κ3) is 5.43. The van der Waals surface area contributed by atoms with E-state index >= 15 is 0 Å². The number of amides is 1. The Morgan fingerprint density at radius 3 is 2.21 bits per heavy atom. The van der Waals surface area contributed by atoms with E-state index in [2.05, 4.69) is 5.32 Å². The van der Waals surface area contributed by atoms with Gasteiger partial charge in [-0.3, -0.25) is 4.79 Å². The first-order valence-electron chi connectivity index (χ1n) is 4.45. The lowest BCUT2D eigenvalue weighted by Gasteiger charge is -2.23. The van der Waals surface area contributed by atoms with Crippen molar-refractivity contribution in [1.82, 2.24) is 5.32 Å². The molecule has 0 unspecified atom stereocenters. The molecule has 1 amide bonds. The van der Waals surface area contributed by atoms with E-state index in [0.717, 1.165) is 0 Å². The number of carbonyl (C=O) groups excluding carboxylic acids is 1. The van der Waals surface area contributed by atoms with Crippen LogP contribution >= 0.6 is 10.9 Å². The molecule has 0 atom stereocenters. The van der Waals surface area contributed by atoms with Gasteiger partial charge in [-0.2, -0.15) is 0 Å². The molecule has 4 N–H and O–H groups in total. The zero-order valence-electron chi connectivity index (χ0n) is 8.78. The summed E-state index contributed by atoms with van der Waals surface area (Å²) >= 11 is 0. The van der Waals surface area contributed by atoms with Crippen LogP contribution in [0.3, 0.4) is 0 Å². The molecular formula is C8H19NO4S. The highest BCUT2D eigenvalue weighted by atomic mass is 32.3. The summed E-state index contributed by atoms with van der Waals surface area (Å²) in [4.78, 5) is 11.4. The molecule has 86 valence electrons. The highest BCUT2D eigenvalue weighted by Crippen LogP contribution is 2.31. The molecule has 0 bridgehead atoms. The fourth-order valence-electron chi connectivity index (χ4n) is 0.701. The highest BCUT2D eigenvalue weighted by molar-refractivity contribution is 8.19. The minimum atomic E-state index is -3.49. The molecule has 0 radical (unpaired) electrons. The Labute approximate surface area is 86.1 Å². The van der Waals surface area contributed by atoms with Crippen molar-refractivity contribution < 1.29 is 18.5 Å². The van der Waals surface area contributed by atoms with Gasteiger partial charge in [0.25, 0.3) is 0 Å². The van der Waals surface area contributed by atoms with E-state index in [-0.39, 0.29) is 18.2 Å². The van der Waals surface area contributed by atoms with Gasteiger partial charge < -0.3 is 19.0 Å². The summed E-state index contributed by atoms with van der Waals surface area (Å²) in [7, 11) is -3.49. The molecule has 5 nitrogen and oxygen atoms in total. The summed E-state index contributed by atoms with van der Waals surface area (Å²) in [6, 6.07) is 0. The SMILES string of the molecule is CCC(C)(C)C(=O)NCCS(O)(O)O. The molecule has 0 aliphatic carbocycles. The summed E-state index contributed by atoms with van der Waals surface area (Å²) in [5.74, 6) is -0.373. The molecule has 0 fully saturated rings. The lowest BCUT2D eigenvalue weighted by atomic mass is 9.89. The predicted molar refractivity (Wildman–Crippen MR) is 57.4 cm³/mol. The van der Waals surface area contributed by atoms with Gasteiger partial charge in [-0.1, -0.05) is 20.8 Å². The third-order valence-corrected chi connectivity index (χ3v) is 2.91. The summed E-state index contributed by atoms with van der Waals surface area (Å²) in [6.07, 6.45) is 0.703. The second kappa shape index (κ2) is 4.97. The van der Waals surface area contributed by atoms with Crippen LogP contribution in [0.4, 0.5) is 0 Å². The molecule has 0 rings (SSSR count). The molecule has 0 aromatic heterocycles. The van der Waals surface area contributed by atoms with Crippen LogP contribution in [0.1, 0.15) is 27.2 Å². The lowest BCUT2D eigenvalue weighted by Crippen LogP contribution is -2.38. The van der Waals surface area contributed by atoms with E-state index in [0.29, 0.717) is 6.42 Å². The van der Waals surface area contributed by atoms with Crippen LogP contribution in [-0.4, -0.2) is 31.9 Å². The molecule has 0 aromatic rings. The topological polar surface area (TPSA) is 89.8 Å². The van der Waals surface area contributed by atoms with Crippen LogP contribution in [-0.2, 0) is 4.79 Å². The Morgan fingerprint density at radius 2 is 1.86 bits per heavy atom. The predicted octanol–water partition coefficient (Wildman–Crippen LogP) is 1.76. The van der Waals surface area contributed by atoms with Crippen LogP contribution in [0.15, 0.2) is 0 Å². The summed E-state index contributed by atoms with van der Waals surface area (Å²) in [5.41, 5.74) is -0.460. The van der Waals surface area contributed by atoms with Crippen LogP contribution in [0, 0.1) is 5.41 Å². The second-order valence-electron chi connectivity index (χ2n) is 3.83.